The number of hydrogen-bond acceptors (Lipinski definition) is 3. The topological polar surface area (TPSA) is 46.3 Å². The monoisotopic (exact) mass is 330 g/mol. The van der Waals surface area contributed by atoms with E-state index in [0.717, 1.165) is 30.8 Å². The van der Waals surface area contributed by atoms with Crippen molar-refractivity contribution in [2.24, 2.45) is 0 Å². The standard InChI is InChI=1S/C18H19ClN2O2/c1-12-9-13(20-23-12)10-16(22)21-11-18(7-2-3-8-18)14-5-4-6-15(19)17(14)21/h4-6,9H,2-3,7-8,10-11H2,1H3. The van der Waals surface area contributed by atoms with Gasteiger partial charge in [-0.1, -0.05) is 41.7 Å². The minimum Gasteiger partial charge on any atom is -0.361 e. The summed E-state index contributed by atoms with van der Waals surface area (Å²) < 4.78 is 5.07. The molecule has 4 rings (SSSR count). The number of aromatic nitrogens is 1. The molecule has 2 aromatic rings. The second kappa shape index (κ2) is 5.38. The quantitative estimate of drug-likeness (QED) is 0.835. The third kappa shape index (κ3) is 2.36. The molecule has 0 saturated heterocycles. The van der Waals surface area contributed by atoms with Crippen molar-refractivity contribution in [2.75, 3.05) is 11.4 Å². The highest BCUT2D eigenvalue weighted by Gasteiger charge is 2.46. The summed E-state index contributed by atoms with van der Waals surface area (Å²) in [6, 6.07) is 7.82. The number of para-hydroxylation sites is 1. The Morgan fingerprint density at radius 1 is 1.39 bits per heavy atom. The number of hydrogen-bond donors (Lipinski definition) is 0. The van der Waals surface area contributed by atoms with Crippen molar-refractivity contribution in [1.29, 1.82) is 0 Å². The van der Waals surface area contributed by atoms with E-state index in [1.807, 2.05) is 30.0 Å². The van der Waals surface area contributed by atoms with Crippen molar-refractivity contribution < 1.29 is 9.32 Å². The lowest BCUT2D eigenvalue weighted by Crippen LogP contribution is -2.36. The van der Waals surface area contributed by atoms with Crippen LogP contribution in [0.2, 0.25) is 5.02 Å². The summed E-state index contributed by atoms with van der Waals surface area (Å²) in [7, 11) is 0. The van der Waals surface area contributed by atoms with E-state index in [-0.39, 0.29) is 17.7 Å². The highest BCUT2D eigenvalue weighted by atomic mass is 35.5. The zero-order valence-electron chi connectivity index (χ0n) is 13.1. The van der Waals surface area contributed by atoms with Crippen LogP contribution < -0.4 is 4.90 Å². The van der Waals surface area contributed by atoms with Gasteiger partial charge in [-0.2, -0.15) is 0 Å². The number of carbonyl (C=O) groups is 1. The van der Waals surface area contributed by atoms with Crippen molar-refractivity contribution in [3.8, 4) is 0 Å². The third-order valence-corrected chi connectivity index (χ3v) is 5.46. The molecular formula is C18H19ClN2O2. The highest BCUT2D eigenvalue weighted by Crippen LogP contribution is 2.52. The molecule has 2 aliphatic rings. The molecule has 1 saturated carbocycles. The molecular weight excluding hydrogens is 312 g/mol. The van der Waals surface area contributed by atoms with Crippen molar-refractivity contribution in [3.63, 3.8) is 0 Å². The Bertz CT molecular complexity index is 762. The molecule has 1 fully saturated rings. The average Bonchev–Trinajstić information content (AvgIpc) is 3.22. The number of amides is 1. The molecule has 1 spiro atoms. The summed E-state index contributed by atoms with van der Waals surface area (Å²) in [6.45, 7) is 2.57. The van der Waals surface area contributed by atoms with Crippen LogP contribution in [0.3, 0.4) is 0 Å². The molecule has 23 heavy (non-hydrogen) atoms. The Morgan fingerprint density at radius 2 is 2.17 bits per heavy atom. The van der Waals surface area contributed by atoms with Crippen molar-refractivity contribution in [1.82, 2.24) is 5.16 Å². The fraction of sp³-hybridized carbons (Fsp3) is 0.444. The van der Waals surface area contributed by atoms with Gasteiger partial charge in [0.1, 0.15) is 5.76 Å². The number of fused-ring (bicyclic) bond motifs is 2. The number of aryl methyl sites for hydroxylation is 1. The van der Waals surface area contributed by atoms with Gasteiger partial charge in [0.15, 0.2) is 0 Å². The van der Waals surface area contributed by atoms with Crippen LogP contribution in [0.25, 0.3) is 0 Å². The van der Waals surface area contributed by atoms with Gasteiger partial charge in [0.25, 0.3) is 0 Å². The number of carbonyl (C=O) groups excluding carboxylic acids is 1. The molecule has 1 aliphatic carbocycles. The number of rotatable bonds is 2. The van der Waals surface area contributed by atoms with Crippen LogP contribution in [-0.4, -0.2) is 17.6 Å². The van der Waals surface area contributed by atoms with Crippen LogP contribution in [0.1, 0.15) is 42.7 Å². The summed E-state index contributed by atoms with van der Waals surface area (Å²) in [6.07, 6.45) is 4.95. The zero-order chi connectivity index (χ0) is 16.0. The van der Waals surface area contributed by atoms with Crippen molar-refractivity contribution >= 4 is 23.2 Å². The Kier molecular flexibility index (Phi) is 3.45. The zero-order valence-corrected chi connectivity index (χ0v) is 13.9. The molecule has 0 radical (unpaired) electrons. The van der Waals surface area contributed by atoms with Gasteiger partial charge in [0.05, 0.1) is 22.8 Å². The van der Waals surface area contributed by atoms with Crippen molar-refractivity contribution in [3.05, 3.63) is 46.3 Å². The number of nitrogens with zero attached hydrogens (tertiary/aromatic N) is 2. The molecule has 1 aliphatic heterocycles. The van der Waals surface area contributed by atoms with Crippen LogP contribution >= 0.6 is 11.6 Å². The first kappa shape index (κ1) is 14.8. The highest BCUT2D eigenvalue weighted by molar-refractivity contribution is 6.34. The van der Waals surface area contributed by atoms with E-state index in [1.165, 1.54) is 18.4 Å². The lowest BCUT2D eigenvalue weighted by atomic mass is 9.81. The van der Waals surface area contributed by atoms with Gasteiger partial charge in [0.2, 0.25) is 5.91 Å². The SMILES string of the molecule is Cc1cc(CC(=O)N2CC3(CCCC3)c3cccc(Cl)c32)no1. The summed E-state index contributed by atoms with van der Waals surface area (Å²) in [5, 5.41) is 4.60. The largest absolute Gasteiger partial charge is 0.361 e. The predicted octanol–water partition coefficient (Wildman–Crippen LogP) is 4.04. The summed E-state index contributed by atoms with van der Waals surface area (Å²) in [5.74, 6) is 0.761. The van der Waals surface area contributed by atoms with Crippen LogP contribution in [0.4, 0.5) is 5.69 Å². The first-order valence-electron chi connectivity index (χ1n) is 8.11. The van der Waals surface area contributed by atoms with Gasteiger partial charge in [-0.05, 0) is 31.4 Å². The smallest absolute Gasteiger partial charge is 0.233 e. The second-order valence-corrected chi connectivity index (χ2v) is 7.12. The van der Waals surface area contributed by atoms with E-state index >= 15 is 0 Å². The van der Waals surface area contributed by atoms with Gasteiger partial charge in [0, 0.05) is 18.0 Å². The van der Waals surface area contributed by atoms with E-state index in [1.54, 1.807) is 0 Å². The summed E-state index contributed by atoms with van der Waals surface area (Å²) in [5.41, 5.74) is 2.91. The Balaban J connectivity index is 1.69. The van der Waals surface area contributed by atoms with Gasteiger partial charge in [-0.3, -0.25) is 4.79 Å². The minimum absolute atomic E-state index is 0.0384. The summed E-state index contributed by atoms with van der Waals surface area (Å²) >= 11 is 6.45. The van der Waals surface area contributed by atoms with Gasteiger partial charge >= 0.3 is 0 Å². The molecule has 0 bridgehead atoms. The van der Waals surface area contributed by atoms with E-state index in [0.29, 0.717) is 10.7 Å². The number of halogens is 1. The Labute approximate surface area is 140 Å². The molecule has 2 heterocycles. The maximum atomic E-state index is 12.9. The molecule has 0 unspecified atom stereocenters. The Hall–Kier alpha value is -1.81. The average molecular weight is 331 g/mol. The minimum atomic E-state index is 0.0384. The van der Waals surface area contributed by atoms with Crippen LogP contribution in [0, 0.1) is 6.92 Å². The maximum Gasteiger partial charge on any atom is 0.233 e. The molecule has 0 atom stereocenters. The maximum absolute atomic E-state index is 12.9. The second-order valence-electron chi connectivity index (χ2n) is 6.71. The number of anilines is 1. The van der Waals surface area contributed by atoms with E-state index in [2.05, 4.69) is 11.2 Å². The lowest BCUT2D eigenvalue weighted by Gasteiger charge is -2.24. The van der Waals surface area contributed by atoms with E-state index in [4.69, 9.17) is 16.1 Å². The van der Waals surface area contributed by atoms with Crippen LogP contribution in [0.5, 0.6) is 0 Å². The first-order chi connectivity index (χ1) is 11.1. The lowest BCUT2D eigenvalue weighted by molar-refractivity contribution is -0.118. The first-order valence-corrected chi connectivity index (χ1v) is 8.48. The van der Waals surface area contributed by atoms with Gasteiger partial charge in [-0.25, -0.2) is 0 Å². The molecule has 1 aromatic carbocycles. The molecule has 0 N–H and O–H groups in total. The molecule has 120 valence electrons. The fourth-order valence-corrected chi connectivity index (χ4v) is 4.40. The number of benzene rings is 1. The van der Waals surface area contributed by atoms with Crippen LogP contribution in [-0.2, 0) is 16.6 Å². The van der Waals surface area contributed by atoms with Crippen molar-refractivity contribution in [2.45, 2.75) is 44.4 Å². The predicted molar refractivity (Wildman–Crippen MR) is 88.9 cm³/mol. The van der Waals surface area contributed by atoms with Gasteiger partial charge in [-0.15, -0.1) is 0 Å². The van der Waals surface area contributed by atoms with E-state index < -0.39 is 0 Å². The molecule has 1 amide bonds. The molecule has 5 heteroatoms. The molecule has 4 nitrogen and oxygen atoms in total. The third-order valence-electron chi connectivity index (χ3n) is 5.16. The Morgan fingerprint density at radius 3 is 2.87 bits per heavy atom. The summed E-state index contributed by atoms with van der Waals surface area (Å²) in [4.78, 5) is 14.7. The fourth-order valence-electron chi connectivity index (χ4n) is 4.13. The van der Waals surface area contributed by atoms with Gasteiger partial charge < -0.3 is 9.42 Å². The normalized spacial score (nSPS) is 18.6. The van der Waals surface area contributed by atoms with Crippen LogP contribution in [0.15, 0.2) is 28.8 Å². The van der Waals surface area contributed by atoms with E-state index in [9.17, 15) is 4.79 Å². The molecule has 1 aromatic heterocycles.